The van der Waals surface area contributed by atoms with Gasteiger partial charge in [0.2, 0.25) is 0 Å². The van der Waals surface area contributed by atoms with Crippen molar-refractivity contribution in [3.8, 4) is 5.75 Å². The fourth-order valence-electron chi connectivity index (χ4n) is 2.98. The maximum Gasteiger partial charge on any atom is 0.267 e. The van der Waals surface area contributed by atoms with E-state index in [9.17, 15) is 0 Å². The molecule has 2 aromatic rings. The summed E-state index contributed by atoms with van der Waals surface area (Å²) in [6, 6.07) is 9.78. The molecule has 1 atom stereocenters. The molecule has 0 spiro atoms. The average molecular weight is 315 g/mol. The molecule has 1 aliphatic heterocycles. The highest BCUT2D eigenvalue weighted by Crippen LogP contribution is 2.25. The predicted molar refractivity (Wildman–Crippen MR) is 88.3 cm³/mol. The van der Waals surface area contributed by atoms with Crippen molar-refractivity contribution in [1.29, 1.82) is 0 Å². The quantitative estimate of drug-likeness (QED) is 0.817. The van der Waals surface area contributed by atoms with Crippen molar-refractivity contribution in [1.82, 2.24) is 15.0 Å². The Labute approximate surface area is 137 Å². The Morgan fingerprint density at radius 3 is 2.70 bits per heavy atom. The lowest BCUT2D eigenvalue weighted by Crippen LogP contribution is -2.31. The lowest BCUT2D eigenvalue weighted by Gasteiger charge is -2.28. The van der Waals surface area contributed by atoms with Crippen molar-refractivity contribution in [2.75, 3.05) is 20.1 Å². The van der Waals surface area contributed by atoms with Crippen LogP contribution in [-0.2, 0) is 6.42 Å². The van der Waals surface area contributed by atoms with Gasteiger partial charge in [0.1, 0.15) is 5.75 Å². The first-order valence-electron chi connectivity index (χ1n) is 8.47. The number of piperidine rings is 1. The molecule has 1 saturated heterocycles. The number of hydrogen-bond acceptors (Lipinski definition) is 5. The van der Waals surface area contributed by atoms with Crippen LogP contribution in [0.2, 0.25) is 0 Å². The Hall–Kier alpha value is -1.88. The summed E-state index contributed by atoms with van der Waals surface area (Å²) in [5.74, 6) is 2.88. The first kappa shape index (κ1) is 16.0. The normalized spacial score (nSPS) is 18.0. The van der Waals surface area contributed by atoms with Crippen LogP contribution in [0, 0.1) is 5.92 Å². The summed E-state index contributed by atoms with van der Waals surface area (Å²) >= 11 is 0. The number of likely N-dealkylation sites (tertiary alicyclic amines) is 1. The standard InChI is InChI=1S/C18H25N3O2/c1-3-16(22-15-7-5-4-6-8-15)18-19-17(20-23-18)13-14-9-11-21(2)12-10-14/h4-8,14,16H,3,9-13H2,1-2H3/t16-/m1/s1. The Kier molecular flexibility index (Phi) is 5.28. The van der Waals surface area contributed by atoms with Gasteiger partial charge in [-0.15, -0.1) is 0 Å². The first-order valence-corrected chi connectivity index (χ1v) is 8.47. The van der Waals surface area contributed by atoms with Crippen LogP contribution < -0.4 is 4.74 Å². The minimum atomic E-state index is -0.184. The molecule has 0 radical (unpaired) electrons. The molecule has 124 valence electrons. The second-order valence-electron chi connectivity index (χ2n) is 6.33. The number of rotatable bonds is 6. The highest BCUT2D eigenvalue weighted by atomic mass is 16.5. The molecule has 5 nitrogen and oxygen atoms in total. The maximum atomic E-state index is 5.96. The monoisotopic (exact) mass is 315 g/mol. The van der Waals surface area contributed by atoms with E-state index in [1.807, 2.05) is 30.3 Å². The third kappa shape index (κ3) is 4.32. The zero-order chi connectivity index (χ0) is 16.1. The van der Waals surface area contributed by atoms with Crippen molar-refractivity contribution >= 4 is 0 Å². The fraction of sp³-hybridized carbons (Fsp3) is 0.556. The van der Waals surface area contributed by atoms with Gasteiger partial charge in [-0.05, 0) is 57.5 Å². The van der Waals surface area contributed by atoms with Crippen molar-refractivity contribution in [2.24, 2.45) is 5.92 Å². The van der Waals surface area contributed by atoms with Crippen molar-refractivity contribution in [3.05, 3.63) is 42.0 Å². The zero-order valence-corrected chi connectivity index (χ0v) is 13.9. The Morgan fingerprint density at radius 2 is 2.00 bits per heavy atom. The topological polar surface area (TPSA) is 51.4 Å². The minimum absolute atomic E-state index is 0.184. The summed E-state index contributed by atoms with van der Waals surface area (Å²) < 4.78 is 11.4. The molecule has 0 saturated carbocycles. The van der Waals surface area contributed by atoms with Crippen LogP contribution in [0.15, 0.2) is 34.9 Å². The van der Waals surface area contributed by atoms with E-state index in [2.05, 4.69) is 29.0 Å². The van der Waals surface area contributed by atoms with Crippen LogP contribution in [0.3, 0.4) is 0 Å². The predicted octanol–water partition coefficient (Wildman–Crippen LogP) is 3.48. The molecule has 0 bridgehead atoms. The van der Waals surface area contributed by atoms with Gasteiger partial charge in [-0.1, -0.05) is 30.3 Å². The van der Waals surface area contributed by atoms with E-state index in [-0.39, 0.29) is 6.10 Å². The lowest BCUT2D eigenvalue weighted by atomic mass is 9.94. The Bertz CT molecular complexity index is 591. The molecule has 0 N–H and O–H groups in total. The van der Waals surface area contributed by atoms with Gasteiger partial charge in [0, 0.05) is 6.42 Å². The van der Waals surface area contributed by atoms with Gasteiger partial charge in [0.15, 0.2) is 11.9 Å². The van der Waals surface area contributed by atoms with E-state index >= 15 is 0 Å². The minimum Gasteiger partial charge on any atom is -0.481 e. The number of benzene rings is 1. The van der Waals surface area contributed by atoms with Gasteiger partial charge in [-0.3, -0.25) is 0 Å². The molecule has 0 aliphatic carbocycles. The molecular formula is C18H25N3O2. The zero-order valence-electron chi connectivity index (χ0n) is 13.9. The van der Waals surface area contributed by atoms with Crippen molar-refractivity contribution < 1.29 is 9.26 Å². The molecule has 1 aromatic carbocycles. The second-order valence-corrected chi connectivity index (χ2v) is 6.33. The molecule has 3 rings (SSSR count). The SMILES string of the molecule is CC[C@@H](Oc1ccccc1)c1nc(CC2CCN(C)CC2)no1. The highest BCUT2D eigenvalue weighted by Gasteiger charge is 2.22. The Morgan fingerprint density at radius 1 is 1.26 bits per heavy atom. The molecule has 23 heavy (non-hydrogen) atoms. The smallest absolute Gasteiger partial charge is 0.267 e. The number of nitrogens with zero attached hydrogens (tertiary/aromatic N) is 3. The summed E-state index contributed by atoms with van der Waals surface area (Å²) in [4.78, 5) is 6.95. The van der Waals surface area contributed by atoms with Crippen LogP contribution in [-0.4, -0.2) is 35.2 Å². The summed E-state index contributed by atoms with van der Waals surface area (Å²) in [5.41, 5.74) is 0. The number of aromatic nitrogens is 2. The van der Waals surface area contributed by atoms with Crippen LogP contribution in [0.4, 0.5) is 0 Å². The van der Waals surface area contributed by atoms with Crippen molar-refractivity contribution in [3.63, 3.8) is 0 Å². The molecule has 1 fully saturated rings. The molecule has 1 aliphatic rings. The Balaban J connectivity index is 1.60. The van der Waals surface area contributed by atoms with Gasteiger partial charge in [-0.2, -0.15) is 4.98 Å². The van der Waals surface area contributed by atoms with Gasteiger partial charge < -0.3 is 14.2 Å². The van der Waals surface area contributed by atoms with Gasteiger partial charge in [-0.25, -0.2) is 0 Å². The van der Waals surface area contributed by atoms with Crippen LogP contribution in [0.25, 0.3) is 0 Å². The summed E-state index contributed by atoms with van der Waals surface area (Å²) in [5, 5.41) is 4.16. The summed E-state index contributed by atoms with van der Waals surface area (Å²) in [7, 11) is 2.18. The number of para-hydroxylation sites is 1. The van der Waals surface area contributed by atoms with Crippen molar-refractivity contribution in [2.45, 2.75) is 38.7 Å². The van der Waals surface area contributed by atoms with E-state index in [0.29, 0.717) is 11.8 Å². The number of hydrogen-bond donors (Lipinski definition) is 0. The fourth-order valence-corrected chi connectivity index (χ4v) is 2.98. The van der Waals surface area contributed by atoms with E-state index in [0.717, 1.165) is 37.5 Å². The van der Waals surface area contributed by atoms with Gasteiger partial charge in [0.05, 0.1) is 0 Å². The van der Waals surface area contributed by atoms with E-state index in [1.54, 1.807) is 0 Å². The summed E-state index contributed by atoms with van der Waals surface area (Å²) in [6.07, 6.45) is 3.93. The molecule has 1 aromatic heterocycles. The maximum absolute atomic E-state index is 5.96. The van der Waals surface area contributed by atoms with Crippen LogP contribution in [0.1, 0.15) is 44.0 Å². The lowest BCUT2D eigenvalue weighted by molar-refractivity contribution is 0.154. The largest absolute Gasteiger partial charge is 0.481 e. The van der Waals surface area contributed by atoms with Crippen LogP contribution in [0.5, 0.6) is 5.75 Å². The molecule has 5 heteroatoms. The summed E-state index contributed by atoms with van der Waals surface area (Å²) in [6.45, 7) is 4.38. The van der Waals surface area contributed by atoms with Crippen LogP contribution >= 0.6 is 0 Å². The first-order chi connectivity index (χ1) is 11.2. The average Bonchev–Trinajstić information content (AvgIpc) is 3.04. The van der Waals surface area contributed by atoms with Gasteiger partial charge >= 0.3 is 0 Å². The number of ether oxygens (including phenoxy) is 1. The van der Waals surface area contributed by atoms with E-state index in [1.165, 1.54) is 12.8 Å². The molecule has 0 unspecified atom stereocenters. The third-order valence-electron chi connectivity index (χ3n) is 4.46. The highest BCUT2D eigenvalue weighted by molar-refractivity contribution is 5.21. The molecule has 0 amide bonds. The van der Waals surface area contributed by atoms with Gasteiger partial charge in [0.25, 0.3) is 5.89 Å². The van der Waals surface area contributed by atoms with E-state index in [4.69, 9.17) is 9.26 Å². The molecular weight excluding hydrogens is 290 g/mol. The van der Waals surface area contributed by atoms with E-state index < -0.39 is 0 Å². The second kappa shape index (κ2) is 7.59. The molecule has 2 heterocycles. The third-order valence-corrected chi connectivity index (χ3v) is 4.46.